The minimum Gasteiger partial charge on any atom is -0.391 e. The Morgan fingerprint density at radius 1 is 1.19 bits per heavy atom. The van der Waals surface area contributed by atoms with Gasteiger partial charge in [-0.1, -0.05) is 13.8 Å². The van der Waals surface area contributed by atoms with Crippen LogP contribution in [-0.4, -0.2) is 48.5 Å². The zero-order valence-corrected chi connectivity index (χ0v) is 10.4. The van der Waals surface area contributed by atoms with Crippen molar-refractivity contribution in [1.29, 1.82) is 0 Å². The van der Waals surface area contributed by atoms with Crippen molar-refractivity contribution in [2.75, 3.05) is 26.3 Å². The van der Waals surface area contributed by atoms with Crippen LogP contribution in [0.2, 0.25) is 0 Å². The molecule has 4 fully saturated rings. The van der Waals surface area contributed by atoms with Gasteiger partial charge in [-0.15, -0.1) is 0 Å². The highest BCUT2D eigenvalue weighted by Gasteiger charge is 2.58. The monoisotopic (exact) mass is 225 g/mol. The largest absolute Gasteiger partial charge is 0.391 e. The number of aliphatic hydroxyl groups excluding tert-OH is 1. The normalized spacial score (nSPS) is 47.4. The van der Waals surface area contributed by atoms with Crippen molar-refractivity contribution in [1.82, 2.24) is 4.90 Å². The van der Waals surface area contributed by atoms with Crippen LogP contribution in [0.4, 0.5) is 0 Å². The molecule has 2 bridgehead atoms. The fourth-order valence-electron chi connectivity index (χ4n) is 4.11. The SMILES string of the molecule is CC1(C)[C@H]2C[C@@H](O)[C@@H](N3CCOCC3)[C@@H]1C2. The van der Waals surface area contributed by atoms with Gasteiger partial charge in [0.2, 0.25) is 0 Å². The highest BCUT2D eigenvalue weighted by Crippen LogP contribution is 2.60. The van der Waals surface area contributed by atoms with Crippen molar-refractivity contribution >= 4 is 0 Å². The zero-order chi connectivity index (χ0) is 11.3. The first-order chi connectivity index (χ1) is 7.60. The summed E-state index contributed by atoms with van der Waals surface area (Å²) in [6.07, 6.45) is 2.23. The Morgan fingerprint density at radius 2 is 1.88 bits per heavy atom. The molecule has 0 radical (unpaired) electrons. The third-order valence-corrected chi connectivity index (χ3v) is 5.35. The van der Waals surface area contributed by atoms with Gasteiger partial charge in [-0.3, -0.25) is 4.90 Å². The van der Waals surface area contributed by atoms with Crippen LogP contribution in [-0.2, 0) is 4.74 Å². The molecule has 0 aromatic carbocycles. The number of fused-ring (bicyclic) bond motifs is 2. The van der Waals surface area contributed by atoms with E-state index in [1.165, 1.54) is 6.42 Å². The summed E-state index contributed by atoms with van der Waals surface area (Å²) in [5.41, 5.74) is 0.447. The summed E-state index contributed by atoms with van der Waals surface area (Å²) in [5.74, 6) is 1.45. The molecule has 0 amide bonds. The molecule has 3 heteroatoms. The summed E-state index contributed by atoms with van der Waals surface area (Å²) in [4.78, 5) is 2.47. The highest BCUT2D eigenvalue weighted by atomic mass is 16.5. The van der Waals surface area contributed by atoms with E-state index in [9.17, 15) is 5.11 Å². The molecule has 0 spiro atoms. The van der Waals surface area contributed by atoms with Gasteiger partial charge in [-0.25, -0.2) is 0 Å². The predicted octanol–water partition coefficient (Wildman–Crippen LogP) is 1.11. The molecular weight excluding hydrogens is 202 g/mol. The van der Waals surface area contributed by atoms with Crippen LogP contribution in [0.5, 0.6) is 0 Å². The van der Waals surface area contributed by atoms with Gasteiger partial charge in [0.05, 0.1) is 19.3 Å². The van der Waals surface area contributed by atoms with Crippen molar-refractivity contribution in [3.8, 4) is 0 Å². The predicted molar refractivity (Wildman–Crippen MR) is 62.2 cm³/mol. The minimum absolute atomic E-state index is 0.102. The Morgan fingerprint density at radius 3 is 2.50 bits per heavy atom. The maximum absolute atomic E-state index is 10.3. The molecule has 1 heterocycles. The fraction of sp³-hybridized carbons (Fsp3) is 1.00. The van der Waals surface area contributed by atoms with E-state index in [1.54, 1.807) is 0 Å². The summed E-state index contributed by atoms with van der Waals surface area (Å²) in [6.45, 7) is 8.42. The second-order valence-electron chi connectivity index (χ2n) is 6.30. The van der Waals surface area contributed by atoms with E-state index in [0.29, 0.717) is 17.4 Å². The van der Waals surface area contributed by atoms with Gasteiger partial charge in [-0.2, -0.15) is 0 Å². The van der Waals surface area contributed by atoms with Crippen molar-refractivity contribution < 1.29 is 9.84 Å². The van der Waals surface area contributed by atoms with Crippen molar-refractivity contribution in [3.63, 3.8) is 0 Å². The molecule has 4 rings (SSSR count). The molecule has 92 valence electrons. The molecule has 1 N–H and O–H groups in total. The third-order valence-electron chi connectivity index (χ3n) is 5.35. The number of hydrogen-bond donors (Lipinski definition) is 1. The van der Waals surface area contributed by atoms with E-state index in [-0.39, 0.29) is 6.10 Å². The molecule has 16 heavy (non-hydrogen) atoms. The molecule has 3 saturated carbocycles. The molecule has 3 nitrogen and oxygen atoms in total. The topological polar surface area (TPSA) is 32.7 Å². The lowest BCUT2D eigenvalue weighted by Gasteiger charge is -2.63. The Kier molecular flexibility index (Phi) is 2.54. The van der Waals surface area contributed by atoms with Crippen LogP contribution >= 0.6 is 0 Å². The first kappa shape index (κ1) is 11.0. The van der Waals surface area contributed by atoms with E-state index < -0.39 is 0 Å². The van der Waals surface area contributed by atoms with Crippen LogP contribution in [0.15, 0.2) is 0 Å². The van der Waals surface area contributed by atoms with Crippen LogP contribution in [0.3, 0.4) is 0 Å². The third kappa shape index (κ3) is 1.45. The molecular formula is C13H23NO2. The van der Waals surface area contributed by atoms with Gasteiger partial charge in [0.15, 0.2) is 0 Å². The van der Waals surface area contributed by atoms with E-state index in [1.807, 2.05) is 0 Å². The maximum atomic E-state index is 10.3. The Balaban J connectivity index is 1.76. The molecule has 0 unspecified atom stereocenters. The molecule has 1 aliphatic heterocycles. The van der Waals surface area contributed by atoms with Gasteiger partial charge in [-0.05, 0) is 30.1 Å². The fourth-order valence-corrected chi connectivity index (χ4v) is 4.11. The second-order valence-corrected chi connectivity index (χ2v) is 6.30. The summed E-state index contributed by atoms with van der Waals surface area (Å²) in [6, 6.07) is 0.392. The average Bonchev–Trinajstić information content (AvgIpc) is 2.29. The quantitative estimate of drug-likeness (QED) is 0.726. The standard InChI is InChI=1S/C13H23NO2/c1-13(2)9-7-10(13)12(11(15)8-9)14-3-5-16-6-4-14/h9-12,15H,3-8H2,1-2H3/t9-,10+,11-,12+/m1/s1. The Bertz CT molecular complexity index is 273. The lowest BCUT2D eigenvalue weighted by Crippen LogP contribution is -2.66. The first-order valence-electron chi connectivity index (χ1n) is 6.60. The molecule has 0 aromatic rings. The number of nitrogens with zero attached hydrogens (tertiary/aromatic N) is 1. The second kappa shape index (κ2) is 3.69. The van der Waals surface area contributed by atoms with E-state index in [0.717, 1.165) is 38.6 Å². The number of ether oxygens (including phenoxy) is 1. The summed E-state index contributed by atoms with van der Waals surface area (Å²) in [7, 11) is 0. The van der Waals surface area contributed by atoms with Crippen LogP contribution < -0.4 is 0 Å². The van der Waals surface area contributed by atoms with Crippen LogP contribution in [0.1, 0.15) is 26.7 Å². The average molecular weight is 225 g/mol. The number of aliphatic hydroxyl groups is 1. The van der Waals surface area contributed by atoms with Crippen molar-refractivity contribution in [3.05, 3.63) is 0 Å². The Labute approximate surface area is 97.8 Å². The zero-order valence-electron chi connectivity index (χ0n) is 10.4. The molecule has 3 aliphatic carbocycles. The van der Waals surface area contributed by atoms with Crippen molar-refractivity contribution in [2.45, 2.75) is 38.8 Å². The summed E-state index contributed by atoms with van der Waals surface area (Å²) < 4.78 is 5.40. The number of rotatable bonds is 1. The van der Waals surface area contributed by atoms with E-state index in [4.69, 9.17) is 4.74 Å². The lowest BCUT2D eigenvalue weighted by atomic mass is 9.46. The Hall–Kier alpha value is -0.120. The van der Waals surface area contributed by atoms with Gasteiger partial charge in [0.25, 0.3) is 0 Å². The lowest BCUT2D eigenvalue weighted by molar-refractivity contribution is -0.180. The molecule has 1 saturated heterocycles. The molecule has 4 atom stereocenters. The van der Waals surface area contributed by atoms with Gasteiger partial charge in [0.1, 0.15) is 0 Å². The van der Waals surface area contributed by atoms with E-state index >= 15 is 0 Å². The highest BCUT2D eigenvalue weighted by molar-refractivity contribution is 5.09. The summed E-state index contributed by atoms with van der Waals surface area (Å²) in [5, 5.41) is 10.3. The summed E-state index contributed by atoms with van der Waals surface area (Å²) >= 11 is 0. The first-order valence-corrected chi connectivity index (χ1v) is 6.60. The van der Waals surface area contributed by atoms with Gasteiger partial charge in [0, 0.05) is 19.1 Å². The van der Waals surface area contributed by atoms with Gasteiger partial charge < -0.3 is 9.84 Å². The van der Waals surface area contributed by atoms with Crippen LogP contribution in [0, 0.1) is 17.3 Å². The van der Waals surface area contributed by atoms with Crippen molar-refractivity contribution in [2.24, 2.45) is 17.3 Å². The number of morpholine rings is 1. The van der Waals surface area contributed by atoms with Crippen LogP contribution in [0.25, 0.3) is 0 Å². The number of hydrogen-bond acceptors (Lipinski definition) is 3. The van der Waals surface area contributed by atoms with E-state index in [2.05, 4.69) is 18.7 Å². The minimum atomic E-state index is -0.102. The maximum Gasteiger partial charge on any atom is 0.0701 e. The molecule has 0 aromatic heterocycles. The van der Waals surface area contributed by atoms with Gasteiger partial charge >= 0.3 is 0 Å². The smallest absolute Gasteiger partial charge is 0.0701 e. The molecule has 4 aliphatic rings.